The molecule has 2 aromatic heterocycles. The van der Waals surface area contributed by atoms with Crippen molar-refractivity contribution in [3.05, 3.63) is 82.7 Å². The van der Waals surface area contributed by atoms with E-state index in [0.29, 0.717) is 17.9 Å². The van der Waals surface area contributed by atoms with E-state index in [1.807, 2.05) is 35.8 Å². The minimum Gasteiger partial charge on any atom is -0.361 e. The monoisotopic (exact) mass is 425 g/mol. The summed E-state index contributed by atoms with van der Waals surface area (Å²) in [7, 11) is 0. The number of rotatable bonds is 8. The molecule has 0 saturated heterocycles. The Kier molecular flexibility index (Phi) is 6.27. The molecule has 4 aromatic rings. The standard InChI is InChI=1S/C22H20FN3OS2/c23-19-7-3-1-5-16(19)13-28-22-26-17(14-29-22)11-21(27)24-10-9-15-12-25-20-8-4-2-6-18(15)20/h1-8,12,14,25H,9-11,13H2,(H,24,27). The number of amides is 1. The molecule has 2 heterocycles. The second kappa shape index (κ2) is 9.24. The molecule has 4 nitrogen and oxygen atoms in total. The molecule has 0 aliphatic rings. The maximum atomic E-state index is 13.7. The van der Waals surface area contributed by atoms with Crippen molar-refractivity contribution in [2.45, 2.75) is 22.9 Å². The molecule has 29 heavy (non-hydrogen) atoms. The Bertz CT molecular complexity index is 1120. The summed E-state index contributed by atoms with van der Waals surface area (Å²) >= 11 is 2.97. The van der Waals surface area contributed by atoms with Gasteiger partial charge in [-0.1, -0.05) is 48.2 Å². The highest BCUT2D eigenvalue weighted by molar-refractivity contribution is 8.00. The van der Waals surface area contributed by atoms with Crippen molar-refractivity contribution < 1.29 is 9.18 Å². The van der Waals surface area contributed by atoms with Gasteiger partial charge in [0.25, 0.3) is 0 Å². The summed E-state index contributed by atoms with van der Waals surface area (Å²) in [6.07, 6.45) is 3.03. The molecule has 0 atom stereocenters. The van der Waals surface area contributed by atoms with E-state index in [4.69, 9.17) is 0 Å². The SMILES string of the molecule is O=C(Cc1csc(SCc2ccccc2F)n1)NCCc1c[nH]c2ccccc12. The topological polar surface area (TPSA) is 57.8 Å². The van der Waals surface area contributed by atoms with Gasteiger partial charge in [-0.05, 0) is 29.7 Å². The third-order valence-electron chi connectivity index (χ3n) is 4.57. The lowest BCUT2D eigenvalue weighted by Gasteiger charge is -2.04. The van der Waals surface area contributed by atoms with Crippen LogP contribution in [0.25, 0.3) is 10.9 Å². The van der Waals surface area contributed by atoms with Crippen molar-refractivity contribution in [3.63, 3.8) is 0 Å². The summed E-state index contributed by atoms with van der Waals surface area (Å²) in [6.45, 7) is 0.583. The quantitative estimate of drug-likeness (QED) is 0.393. The van der Waals surface area contributed by atoms with E-state index in [1.54, 1.807) is 12.1 Å². The number of halogens is 1. The van der Waals surface area contributed by atoms with Crippen molar-refractivity contribution in [2.75, 3.05) is 6.54 Å². The van der Waals surface area contributed by atoms with Crippen LogP contribution in [0.5, 0.6) is 0 Å². The highest BCUT2D eigenvalue weighted by Crippen LogP contribution is 2.27. The Balaban J connectivity index is 1.24. The van der Waals surface area contributed by atoms with E-state index in [-0.39, 0.29) is 18.1 Å². The van der Waals surface area contributed by atoms with Crippen LogP contribution in [-0.2, 0) is 23.4 Å². The largest absolute Gasteiger partial charge is 0.361 e. The molecule has 2 N–H and O–H groups in total. The van der Waals surface area contributed by atoms with Crippen LogP contribution in [0.3, 0.4) is 0 Å². The summed E-state index contributed by atoms with van der Waals surface area (Å²) in [5, 5.41) is 6.05. The average Bonchev–Trinajstić information content (AvgIpc) is 3.34. The predicted octanol–water partition coefficient (Wildman–Crippen LogP) is 4.96. The van der Waals surface area contributed by atoms with Crippen LogP contribution in [0.2, 0.25) is 0 Å². The molecule has 4 rings (SSSR count). The van der Waals surface area contributed by atoms with Gasteiger partial charge in [0.15, 0.2) is 0 Å². The smallest absolute Gasteiger partial charge is 0.226 e. The molecule has 0 aliphatic heterocycles. The molecule has 0 spiro atoms. The number of H-pyrrole nitrogens is 1. The number of nitrogens with zero attached hydrogens (tertiary/aromatic N) is 1. The highest BCUT2D eigenvalue weighted by atomic mass is 32.2. The van der Waals surface area contributed by atoms with Crippen molar-refractivity contribution >= 4 is 39.9 Å². The molecule has 0 bridgehead atoms. The second-order valence-electron chi connectivity index (χ2n) is 6.62. The fourth-order valence-electron chi connectivity index (χ4n) is 3.09. The van der Waals surface area contributed by atoms with Gasteiger partial charge >= 0.3 is 0 Å². The molecular formula is C22H20FN3OS2. The van der Waals surface area contributed by atoms with Gasteiger partial charge in [0.05, 0.1) is 12.1 Å². The van der Waals surface area contributed by atoms with E-state index in [0.717, 1.165) is 22.0 Å². The third-order valence-corrected chi connectivity index (χ3v) is 6.69. The first-order valence-corrected chi connectivity index (χ1v) is 11.2. The van der Waals surface area contributed by atoms with Crippen LogP contribution in [0.1, 0.15) is 16.8 Å². The van der Waals surface area contributed by atoms with Gasteiger partial charge in [-0.15, -0.1) is 11.3 Å². The fourth-order valence-corrected chi connectivity index (χ4v) is 4.92. The van der Waals surface area contributed by atoms with E-state index in [2.05, 4.69) is 21.4 Å². The van der Waals surface area contributed by atoms with Gasteiger partial charge in [-0.3, -0.25) is 4.79 Å². The highest BCUT2D eigenvalue weighted by Gasteiger charge is 2.10. The number of aromatic nitrogens is 2. The average molecular weight is 426 g/mol. The lowest BCUT2D eigenvalue weighted by molar-refractivity contribution is -0.120. The minimum atomic E-state index is -0.202. The number of thiazole rings is 1. The van der Waals surface area contributed by atoms with E-state index < -0.39 is 0 Å². The van der Waals surface area contributed by atoms with Crippen molar-refractivity contribution in [1.82, 2.24) is 15.3 Å². The van der Waals surface area contributed by atoms with Gasteiger partial charge in [-0.25, -0.2) is 9.37 Å². The summed E-state index contributed by atoms with van der Waals surface area (Å²) < 4.78 is 14.5. The zero-order valence-corrected chi connectivity index (χ0v) is 17.3. The van der Waals surface area contributed by atoms with Gasteiger partial charge in [0.1, 0.15) is 10.2 Å². The molecule has 0 radical (unpaired) electrons. The number of hydrogen-bond acceptors (Lipinski definition) is 4. The molecule has 0 saturated carbocycles. The molecule has 148 valence electrons. The van der Waals surface area contributed by atoms with Gasteiger partial charge in [-0.2, -0.15) is 0 Å². The number of thioether (sulfide) groups is 1. The number of aromatic amines is 1. The normalized spacial score (nSPS) is 11.1. The number of benzene rings is 2. The van der Waals surface area contributed by atoms with Gasteiger partial charge < -0.3 is 10.3 Å². The Labute approximate surface area is 176 Å². The number of fused-ring (bicyclic) bond motifs is 1. The van der Waals surface area contributed by atoms with Crippen LogP contribution in [0.4, 0.5) is 4.39 Å². The summed E-state index contributed by atoms with van der Waals surface area (Å²) in [6, 6.07) is 14.9. The first kappa shape index (κ1) is 19.7. The predicted molar refractivity (Wildman–Crippen MR) is 117 cm³/mol. The Hall–Kier alpha value is -2.64. The van der Waals surface area contributed by atoms with Gasteiger partial charge in [0.2, 0.25) is 5.91 Å². The number of hydrogen-bond donors (Lipinski definition) is 2. The molecule has 7 heteroatoms. The maximum Gasteiger partial charge on any atom is 0.226 e. The van der Waals surface area contributed by atoms with Crippen LogP contribution in [0, 0.1) is 5.82 Å². The first-order valence-electron chi connectivity index (χ1n) is 9.31. The van der Waals surface area contributed by atoms with Crippen LogP contribution in [-0.4, -0.2) is 22.4 Å². The zero-order valence-electron chi connectivity index (χ0n) is 15.7. The van der Waals surface area contributed by atoms with E-state index in [9.17, 15) is 9.18 Å². The molecular weight excluding hydrogens is 405 g/mol. The van der Waals surface area contributed by atoms with Crippen molar-refractivity contribution in [2.24, 2.45) is 0 Å². The van der Waals surface area contributed by atoms with Crippen molar-refractivity contribution in [1.29, 1.82) is 0 Å². The third kappa shape index (κ3) is 5.05. The Morgan fingerprint density at radius 3 is 2.86 bits per heavy atom. The fraction of sp³-hybridized carbons (Fsp3) is 0.182. The second-order valence-corrected chi connectivity index (χ2v) is 8.70. The van der Waals surface area contributed by atoms with Crippen molar-refractivity contribution in [3.8, 4) is 0 Å². The number of carbonyl (C=O) groups is 1. The molecule has 2 aromatic carbocycles. The maximum absolute atomic E-state index is 13.7. The lowest BCUT2D eigenvalue weighted by atomic mass is 10.1. The molecule has 0 aliphatic carbocycles. The van der Waals surface area contributed by atoms with Crippen LogP contribution >= 0.6 is 23.1 Å². The minimum absolute atomic E-state index is 0.0409. The number of para-hydroxylation sites is 1. The van der Waals surface area contributed by atoms with Gasteiger partial charge in [0, 0.05) is 34.8 Å². The van der Waals surface area contributed by atoms with Crippen LogP contribution < -0.4 is 5.32 Å². The summed E-state index contributed by atoms with van der Waals surface area (Å²) in [5.41, 5.74) is 3.71. The molecule has 0 unspecified atom stereocenters. The molecule has 1 amide bonds. The first-order chi connectivity index (χ1) is 14.2. The lowest BCUT2D eigenvalue weighted by Crippen LogP contribution is -2.27. The Morgan fingerprint density at radius 2 is 1.97 bits per heavy atom. The summed E-state index contributed by atoms with van der Waals surface area (Å²) in [4.78, 5) is 20.0. The number of carbonyl (C=O) groups excluding carboxylic acids is 1. The molecule has 0 fully saturated rings. The summed E-state index contributed by atoms with van der Waals surface area (Å²) in [5.74, 6) is 0.281. The zero-order chi connectivity index (χ0) is 20.1. The van der Waals surface area contributed by atoms with E-state index in [1.165, 1.54) is 40.1 Å². The van der Waals surface area contributed by atoms with Crippen LogP contribution in [0.15, 0.2) is 64.4 Å². The van der Waals surface area contributed by atoms with E-state index >= 15 is 0 Å². The number of nitrogens with one attached hydrogen (secondary N) is 2. The Morgan fingerprint density at radius 1 is 1.14 bits per heavy atom.